The first-order valence-electron chi connectivity index (χ1n) is 8.96. The predicted octanol–water partition coefficient (Wildman–Crippen LogP) is 3.26. The fourth-order valence-electron chi connectivity index (χ4n) is 2.56. The first-order chi connectivity index (χ1) is 14.3. The molecule has 0 aliphatic carbocycles. The van der Waals surface area contributed by atoms with Gasteiger partial charge in [-0.1, -0.05) is 48.0 Å². The Morgan fingerprint density at radius 3 is 2.10 bits per heavy atom. The number of benzene rings is 3. The van der Waals surface area contributed by atoms with E-state index in [-0.39, 0.29) is 16.1 Å². The lowest BCUT2D eigenvalue weighted by atomic mass is 10.2. The van der Waals surface area contributed by atoms with Crippen molar-refractivity contribution in [3.8, 4) is 0 Å². The van der Waals surface area contributed by atoms with Crippen LogP contribution >= 0.6 is 0 Å². The van der Waals surface area contributed by atoms with Crippen LogP contribution in [0.3, 0.4) is 0 Å². The van der Waals surface area contributed by atoms with Crippen molar-refractivity contribution in [2.75, 3.05) is 10.0 Å². The van der Waals surface area contributed by atoms with E-state index in [0.29, 0.717) is 5.69 Å². The van der Waals surface area contributed by atoms with Gasteiger partial charge in [-0.05, 0) is 43.3 Å². The fraction of sp³-hybridized carbons (Fsp3) is 0.0476. The van der Waals surface area contributed by atoms with E-state index in [4.69, 9.17) is 0 Å². The molecule has 9 heteroatoms. The average Bonchev–Trinajstić information content (AvgIpc) is 2.73. The highest BCUT2D eigenvalue weighted by atomic mass is 32.2. The first kappa shape index (κ1) is 20.9. The molecule has 0 radical (unpaired) electrons. The van der Waals surface area contributed by atoms with Crippen LogP contribution in [0.25, 0.3) is 0 Å². The number of hydrogen-bond acceptors (Lipinski definition) is 4. The Hall–Kier alpha value is -3.85. The summed E-state index contributed by atoms with van der Waals surface area (Å²) in [6, 6.07) is 20.5. The van der Waals surface area contributed by atoms with Crippen molar-refractivity contribution in [1.29, 1.82) is 0 Å². The quantitative estimate of drug-likeness (QED) is 0.470. The number of carbonyl (C=O) groups excluding carboxylic acids is 2. The Bertz CT molecular complexity index is 1150. The minimum Gasteiger partial charge on any atom is -0.307 e. The number of hydrogen-bond donors (Lipinski definition) is 4. The van der Waals surface area contributed by atoms with Crippen LogP contribution in [0.4, 0.5) is 16.2 Å². The van der Waals surface area contributed by atoms with Gasteiger partial charge in [0.05, 0.1) is 16.1 Å². The number of amides is 3. The zero-order valence-electron chi connectivity index (χ0n) is 16.0. The van der Waals surface area contributed by atoms with Crippen molar-refractivity contribution in [3.05, 3.63) is 90.0 Å². The molecule has 8 nitrogen and oxygen atoms in total. The standard InChI is InChI=1S/C21H20N4O4S/c1-15-11-13-17(14-12-15)30(28,29)25-19-10-6-5-9-18(19)20(26)23-24-21(27)22-16-7-3-2-4-8-16/h2-14,25H,1H3,(H,23,26)(H2,22,24,27). The van der Waals surface area contributed by atoms with E-state index in [9.17, 15) is 18.0 Å². The molecule has 3 amide bonds. The molecule has 0 unspecified atom stereocenters. The molecule has 0 heterocycles. The number of aryl methyl sites for hydroxylation is 1. The van der Waals surface area contributed by atoms with Gasteiger partial charge in [0.25, 0.3) is 15.9 Å². The van der Waals surface area contributed by atoms with Crippen molar-refractivity contribution < 1.29 is 18.0 Å². The molecule has 3 aromatic rings. The highest BCUT2D eigenvalue weighted by Crippen LogP contribution is 2.20. The molecule has 0 aliphatic heterocycles. The second-order valence-electron chi connectivity index (χ2n) is 6.36. The van der Waals surface area contributed by atoms with Crippen molar-refractivity contribution in [2.45, 2.75) is 11.8 Å². The summed E-state index contributed by atoms with van der Waals surface area (Å²) < 4.78 is 27.7. The van der Waals surface area contributed by atoms with E-state index in [1.807, 2.05) is 6.92 Å². The Kier molecular flexibility index (Phi) is 6.33. The van der Waals surface area contributed by atoms with Gasteiger partial charge in [-0.15, -0.1) is 0 Å². The zero-order valence-corrected chi connectivity index (χ0v) is 16.9. The molecule has 3 rings (SSSR count). The van der Waals surface area contributed by atoms with E-state index in [1.54, 1.807) is 54.6 Å². The average molecular weight is 424 g/mol. The summed E-state index contributed by atoms with van der Waals surface area (Å²) in [5.41, 5.74) is 6.10. The molecular weight excluding hydrogens is 404 g/mol. The molecule has 0 aliphatic rings. The summed E-state index contributed by atoms with van der Waals surface area (Å²) >= 11 is 0. The number of rotatable bonds is 5. The highest BCUT2D eigenvalue weighted by Gasteiger charge is 2.18. The smallest absolute Gasteiger partial charge is 0.307 e. The Labute approximate surface area is 174 Å². The van der Waals surface area contributed by atoms with Gasteiger partial charge in [0.1, 0.15) is 0 Å². The normalized spacial score (nSPS) is 10.7. The van der Waals surface area contributed by atoms with Crippen molar-refractivity contribution in [3.63, 3.8) is 0 Å². The zero-order chi connectivity index (χ0) is 21.6. The molecule has 0 fully saturated rings. The molecule has 0 saturated carbocycles. The lowest BCUT2D eigenvalue weighted by Crippen LogP contribution is -2.44. The maximum absolute atomic E-state index is 12.6. The maximum atomic E-state index is 12.6. The van der Waals surface area contributed by atoms with Crippen LogP contribution in [0.2, 0.25) is 0 Å². The molecule has 0 aromatic heterocycles. The van der Waals surface area contributed by atoms with Crippen LogP contribution < -0.4 is 20.9 Å². The van der Waals surface area contributed by atoms with Crippen molar-refractivity contribution >= 4 is 33.3 Å². The first-order valence-corrected chi connectivity index (χ1v) is 10.4. The van der Waals surface area contributed by atoms with E-state index >= 15 is 0 Å². The minimum atomic E-state index is -3.89. The topological polar surface area (TPSA) is 116 Å². The highest BCUT2D eigenvalue weighted by molar-refractivity contribution is 7.92. The number of nitrogens with one attached hydrogen (secondary N) is 4. The van der Waals surface area contributed by atoms with Crippen LogP contribution in [-0.4, -0.2) is 20.4 Å². The molecular formula is C21H20N4O4S. The van der Waals surface area contributed by atoms with Crippen LogP contribution in [0, 0.1) is 6.92 Å². The molecule has 0 atom stereocenters. The van der Waals surface area contributed by atoms with Gasteiger partial charge in [-0.2, -0.15) is 0 Å². The molecule has 4 N–H and O–H groups in total. The molecule has 0 saturated heterocycles. The van der Waals surface area contributed by atoms with Gasteiger partial charge in [0.2, 0.25) is 0 Å². The van der Waals surface area contributed by atoms with Gasteiger partial charge in [0.15, 0.2) is 0 Å². The number of para-hydroxylation sites is 2. The van der Waals surface area contributed by atoms with Crippen LogP contribution in [0.1, 0.15) is 15.9 Å². The summed E-state index contributed by atoms with van der Waals surface area (Å²) in [7, 11) is -3.89. The monoisotopic (exact) mass is 424 g/mol. The third kappa shape index (κ3) is 5.36. The molecule has 3 aromatic carbocycles. The van der Waals surface area contributed by atoms with E-state index in [1.165, 1.54) is 24.3 Å². The molecule has 30 heavy (non-hydrogen) atoms. The summed E-state index contributed by atoms with van der Waals surface area (Å²) in [6.45, 7) is 1.85. The van der Waals surface area contributed by atoms with E-state index in [2.05, 4.69) is 20.9 Å². The second-order valence-corrected chi connectivity index (χ2v) is 8.05. The minimum absolute atomic E-state index is 0.0493. The third-order valence-corrected chi connectivity index (χ3v) is 5.45. The Balaban J connectivity index is 1.69. The van der Waals surface area contributed by atoms with Crippen molar-refractivity contribution in [2.24, 2.45) is 0 Å². The lowest BCUT2D eigenvalue weighted by molar-refractivity contribution is 0.0939. The molecule has 0 bridgehead atoms. The van der Waals surface area contributed by atoms with Gasteiger partial charge in [-0.25, -0.2) is 18.6 Å². The van der Waals surface area contributed by atoms with Crippen LogP contribution in [0.5, 0.6) is 0 Å². The van der Waals surface area contributed by atoms with E-state index in [0.717, 1.165) is 5.56 Å². The van der Waals surface area contributed by atoms with Crippen LogP contribution in [-0.2, 0) is 10.0 Å². The van der Waals surface area contributed by atoms with E-state index < -0.39 is 22.0 Å². The molecule has 0 spiro atoms. The number of hydrazine groups is 1. The third-order valence-electron chi connectivity index (χ3n) is 4.07. The SMILES string of the molecule is Cc1ccc(S(=O)(=O)Nc2ccccc2C(=O)NNC(=O)Nc2ccccc2)cc1. The largest absolute Gasteiger partial charge is 0.337 e. The van der Waals surface area contributed by atoms with Gasteiger partial charge in [0, 0.05) is 5.69 Å². The number of carbonyl (C=O) groups is 2. The maximum Gasteiger partial charge on any atom is 0.337 e. The molecule has 154 valence electrons. The Morgan fingerprint density at radius 1 is 0.767 bits per heavy atom. The van der Waals surface area contributed by atoms with Gasteiger partial charge >= 0.3 is 6.03 Å². The summed E-state index contributed by atoms with van der Waals surface area (Å²) in [6.07, 6.45) is 0. The number of sulfonamides is 1. The number of urea groups is 1. The summed E-state index contributed by atoms with van der Waals surface area (Å²) in [5, 5.41) is 2.55. The predicted molar refractivity (Wildman–Crippen MR) is 114 cm³/mol. The van der Waals surface area contributed by atoms with Crippen molar-refractivity contribution in [1.82, 2.24) is 10.9 Å². The second kappa shape index (κ2) is 9.10. The lowest BCUT2D eigenvalue weighted by Gasteiger charge is -2.13. The van der Waals surface area contributed by atoms with Gasteiger partial charge in [-0.3, -0.25) is 14.9 Å². The van der Waals surface area contributed by atoms with Gasteiger partial charge < -0.3 is 5.32 Å². The summed E-state index contributed by atoms with van der Waals surface area (Å²) in [4.78, 5) is 24.5. The fourth-order valence-corrected chi connectivity index (χ4v) is 3.64. The summed E-state index contributed by atoms with van der Waals surface area (Å²) in [5.74, 6) is -0.680. The number of anilines is 2. The Morgan fingerprint density at radius 2 is 1.40 bits per heavy atom. The van der Waals surface area contributed by atoms with Crippen LogP contribution in [0.15, 0.2) is 83.8 Å².